The number of fused-ring (bicyclic) bond motifs is 3. The maximum absolute atomic E-state index is 13.6. The summed E-state index contributed by atoms with van der Waals surface area (Å²) in [5.41, 5.74) is 2.94. The second-order valence-corrected chi connectivity index (χ2v) is 9.37. The van der Waals surface area contributed by atoms with Crippen molar-refractivity contribution < 1.29 is 19.1 Å². The van der Waals surface area contributed by atoms with E-state index in [1.807, 2.05) is 81.4 Å². The molecule has 0 saturated carbocycles. The van der Waals surface area contributed by atoms with E-state index in [4.69, 9.17) is 9.47 Å². The van der Waals surface area contributed by atoms with E-state index in [2.05, 4.69) is 13.0 Å². The summed E-state index contributed by atoms with van der Waals surface area (Å²) in [5.74, 6) is -0.644. The van der Waals surface area contributed by atoms with Crippen molar-refractivity contribution in [2.45, 2.75) is 51.2 Å². The fraction of sp³-hybridized carbons (Fsp3) is 0.333. The quantitative estimate of drug-likeness (QED) is 0.558. The van der Waals surface area contributed by atoms with Gasteiger partial charge in [0.15, 0.2) is 0 Å². The van der Waals surface area contributed by atoms with Crippen molar-refractivity contribution in [2.75, 3.05) is 12.0 Å². The number of para-hydroxylation sites is 1. The van der Waals surface area contributed by atoms with Gasteiger partial charge in [-0.15, -0.1) is 0 Å². The van der Waals surface area contributed by atoms with Crippen LogP contribution in [0.1, 0.15) is 51.2 Å². The zero-order valence-electron chi connectivity index (χ0n) is 19.2. The van der Waals surface area contributed by atoms with E-state index in [0.29, 0.717) is 12.0 Å². The highest BCUT2D eigenvalue weighted by atomic mass is 16.6. The van der Waals surface area contributed by atoms with Crippen molar-refractivity contribution in [3.05, 3.63) is 83.4 Å². The largest absolute Gasteiger partial charge is 0.466 e. The number of methoxy groups -OCH3 is 1. The van der Waals surface area contributed by atoms with E-state index in [1.54, 1.807) is 4.90 Å². The van der Waals surface area contributed by atoms with Crippen LogP contribution in [0.15, 0.2) is 72.3 Å². The molecule has 32 heavy (non-hydrogen) atoms. The van der Waals surface area contributed by atoms with Crippen molar-refractivity contribution in [3.63, 3.8) is 0 Å². The van der Waals surface area contributed by atoms with E-state index in [0.717, 1.165) is 22.4 Å². The fourth-order valence-electron chi connectivity index (χ4n) is 4.77. The molecule has 2 aromatic rings. The van der Waals surface area contributed by atoms with Crippen LogP contribution in [-0.4, -0.2) is 30.3 Å². The molecular weight excluding hydrogens is 402 g/mol. The Bertz CT molecular complexity index is 1110. The van der Waals surface area contributed by atoms with Gasteiger partial charge in [0.1, 0.15) is 5.60 Å². The first-order valence-corrected chi connectivity index (χ1v) is 10.8. The molecular formula is C27H29NO4. The highest BCUT2D eigenvalue weighted by molar-refractivity contribution is 6.05. The van der Waals surface area contributed by atoms with Crippen molar-refractivity contribution in [2.24, 2.45) is 0 Å². The number of benzene rings is 2. The van der Waals surface area contributed by atoms with Gasteiger partial charge in [-0.05, 0) is 51.3 Å². The van der Waals surface area contributed by atoms with Crippen LogP contribution in [0.25, 0.3) is 5.57 Å². The third-order valence-electron chi connectivity index (χ3n) is 6.13. The SMILES string of the molecule is COC(=O)C1=C[C@@H](c2ccccc2)[C@]2(C)C(=CC1)c1ccccc1N2C(=O)OC(C)(C)C. The Balaban J connectivity index is 1.97. The Labute approximate surface area is 189 Å². The number of hydrogen-bond acceptors (Lipinski definition) is 4. The first-order chi connectivity index (χ1) is 15.2. The highest BCUT2D eigenvalue weighted by Gasteiger charge is 2.53. The maximum Gasteiger partial charge on any atom is 0.415 e. The number of carbonyl (C=O) groups excluding carboxylic acids is 2. The number of amides is 1. The second kappa shape index (κ2) is 7.97. The highest BCUT2D eigenvalue weighted by Crippen LogP contribution is 2.55. The van der Waals surface area contributed by atoms with Crippen LogP contribution in [-0.2, 0) is 14.3 Å². The summed E-state index contributed by atoms with van der Waals surface area (Å²) in [5, 5.41) is 0. The molecule has 0 N–H and O–H groups in total. The predicted octanol–water partition coefficient (Wildman–Crippen LogP) is 5.87. The molecule has 0 fully saturated rings. The smallest absolute Gasteiger partial charge is 0.415 e. The second-order valence-electron chi connectivity index (χ2n) is 9.37. The van der Waals surface area contributed by atoms with E-state index < -0.39 is 17.2 Å². The zero-order chi connectivity index (χ0) is 23.1. The number of anilines is 1. The molecule has 2 aliphatic rings. The van der Waals surface area contributed by atoms with Crippen LogP contribution >= 0.6 is 0 Å². The van der Waals surface area contributed by atoms with Crippen LogP contribution in [0.2, 0.25) is 0 Å². The maximum atomic E-state index is 13.6. The molecule has 0 saturated heterocycles. The monoisotopic (exact) mass is 431 g/mol. The van der Waals surface area contributed by atoms with Gasteiger partial charge in [0.05, 0.1) is 18.3 Å². The van der Waals surface area contributed by atoms with Gasteiger partial charge in [-0.1, -0.05) is 60.7 Å². The van der Waals surface area contributed by atoms with E-state index in [-0.39, 0.29) is 11.9 Å². The van der Waals surface area contributed by atoms with Gasteiger partial charge >= 0.3 is 12.1 Å². The van der Waals surface area contributed by atoms with Gasteiger partial charge in [0, 0.05) is 17.1 Å². The molecule has 5 nitrogen and oxygen atoms in total. The van der Waals surface area contributed by atoms with Crippen LogP contribution in [0.3, 0.4) is 0 Å². The Kier molecular flexibility index (Phi) is 5.45. The minimum absolute atomic E-state index is 0.286. The third kappa shape index (κ3) is 3.62. The minimum Gasteiger partial charge on any atom is -0.466 e. The Morgan fingerprint density at radius 3 is 2.34 bits per heavy atom. The lowest BCUT2D eigenvalue weighted by Gasteiger charge is -2.42. The Morgan fingerprint density at radius 1 is 1.03 bits per heavy atom. The summed E-state index contributed by atoms with van der Waals surface area (Å²) >= 11 is 0. The van der Waals surface area contributed by atoms with Crippen LogP contribution in [0.5, 0.6) is 0 Å². The van der Waals surface area contributed by atoms with Gasteiger partial charge < -0.3 is 9.47 Å². The van der Waals surface area contributed by atoms with E-state index in [1.165, 1.54) is 7.11 Å². The van der Waals surface area contributed by atoms with Gasteiger partial charge in [0.2, 0.25) is 0 Å². The molecule has 2 atom stereocenters. The molecule has 2 aromatic carbocycles. The summed E-state index contributed by atoms with van der Waals surface area (Å²) < 4.78 is 10.9. The minimum atomic E-state index is -0.789. The number of allylic oxidation sites excluding steroid dienone is 1. The Morgan fingerprint density at radius 2 is 1.69 bits per heavy atom. The summed E-state index contributed by atoms with van der Waals surface area (Å²) in [7, 11) is 1.39. The number of rotatable bonds is 2. The predicted molar refractivity (Wildman–Crippen MR) is 125 cm³/mol. The van der Waals surface area contributed by atoms with Crippen molar-refractivity contribution in [3.8, 4) is 0 Å². The Hall–Kier alpha value is -3.34. The molecule has 166 valence electrons. The molecule has 5 heteroatoms. The van der Waals surface area contributed by atoms with Gasteiger partial charge in [-0.2, -0.15) is 0 Å². The van der Waals surface area contributed by atoms with Crippen molar-refractivity contribution in [1.82, 2.24) is 0 Å². The van der Waals surface area contributed by atoms with Gasteiger partial charge in [-0.25, -0.2) is 9.59 Å². The summed E-state index contributed by atoms with van der Waals surface area (Å²) in [6, 6.07) is 17.8. The molecule has 1 amide bonds. The average Bonchev–Trinajstić information content (AvgIpc) is 2.90. The lowest BCUT2D eigenvalue weighted by molar-refractivity contribution is -0.136. The molecule has 0 spiro atoms. The van der Waals surface area contributed by atoms with Gasteiger partial charge in [-0.3, -0.25) is 4.90 Å². The number of esters is 1. The number of ether oxygens (including phenoxy) is 2. The number of carbonyl (C=O) groups is 2. The standard InChI is InChI=1S/C27H29NO4/c1-26(2,3)32-25(30)28-23-14-10-9-13-20(23)21-16-15-19(24(29)31-5)17-22(27(21,28)4)18-11-7-6-8-12-18/h6-14,16-17,22H,15H2,1-5H3/t22-,27-/m0/s1. The third-order valence-corrected chi connectivity index (χ3v) is 6.13. The van der Waals surface area contributed by atoms with E-state index >= 15 is 0 Å². The summed E-state index contributed by atoms with van der Waals surface area (Å²) in [6.07, 6.45) is 4.02. The normalized spacial score (nSPS) is 22.2. The molecule has 1 heterocycles. The average molecular weight is 432 g/mol. The molecule has 0 bridgehead atoms. The lowest BCUT2D eigenvalue weighted by Crippen LogP contribution is -2.52. The van der Waals surface area contributed by atoms with Gasteiger partial charge in [0.25, 0.3) is 0 Å². The first-order valence-electron chi connectivity index (χ1n) is 10.8. The lowest BCUT2D eigenvalue weighted by atomic mass is 9.75. The zero-order valence-corrected chi connectivity index (χ0v) is 19.2. The van der Waals surface area contributed by atoms with Crippen molar-refractivity contribution in [1.29, 1.82) is 0 Å². The summed E-state index contributed by atoms with van der Waals surface area (Å²) in [6.45, 7) is 7.64. The topological polar surface area (TPSA) is 55.8 Å². The molecule has 0 radical (unpaired) electrons. The van der Waals surface area contributed by atoms with Crippen LogP contribution in [0.4, 0.5) is 10.5 Å². The molecule has 1 aliphatic heterocycles. The molecule has 0 unspecified atom stereocenters. The first kappa shape index (κ1) is 21.9. The summed E-state index contributed by atoms with van der Waals surface area (Å²) in [4.78, 5) is 27.9. The molecule has 1 aliphatic carbocycles. The molecule has 4 rings (SSSR count). The number of nitrogens with zero attached hydrogens (tertiary/aromatic N) is 1. The fourth-order valence-corrected chi connectivity index (χ4v) is 4.77. The number of hydrogen-bond donors (Lipinski definition) is 0. The van der Waals surface area contributed by atoms with E-state index in [9.17, 15) is 9.59 Å². The molecule has 0 aromatic heterocycles. The van der Waals surface area contributed by atoms with Crippen molar-refractivity contribution >= 4 is 23.3 Å². The van der Waals surface area contributed by atoms with Crippen LogP contribution in [0, 0.1) is 0 Å². The van der Waals surface area contributed by atoms with Crippen LogP contribution < -0.4 is 4.90 Å².